The van der Waals surface area contributed by atoms with E-state index in [0.717, 1.165) is 30.3 Å². The fraction of sp³-hybridized carbons (Fsp3) is 0.435. The van der Waals surface area contributed by atoms with E-state index in [1.54, 1.807) is 18.0 Å². The maximum Gasteiger partial charge on any atom is 0.434 e. The van der Waals surface area contributed by atoms with Crippen molar-refractivity contribution in [2.45, 2.75) is 52.3 Å². The average Bonchev–Trinajstić information content (AvgIpc) is 3.32. The Balaban J connectivity index is 1.83. The summed E-state index contributed by atoms with van der Waals surface area (Å²) in [5, 5.41) is 6.26. The minimum atomic E-state index is -4.76. The summed E-state index contributed by atoms with van der Waals surface area (Å²) in [4.78, 5) is 27.9. The van der Waals surface area contributed by atoms with Crippen molar-refractivity contribution in [3.05, 3.63) is 57.9 Å². The van der Waals surface area contributed by atoms with Crippen molar-refractivity contribution in [2.75, 3.05) is 6.54 Å². The summed E-state index contributed by atoms with van der Waals surface area (Å²) < 4.78 is 40.1. The highest BCUT2D eigenvalue weighted by molar-refractivity contribution is 6.34. The Bertz CT molecular complexity index is 1200. The number of aryl methyl sites for hydroxylation is 1. The zero-order valence-corrected chi connectivity index (χ0v) is 19.7. The van der Waals surface area contributed by atoms with Crippen LogP contribution in [0.2, 0.25) is 5.02 Å². The third-order valence-corrected chi connectivity index (χ3v) is 6.51. The molecule has 0 spiro atoms. The Kier molecular flexibility index (Phi) is 6.62. The number of halogens is 4. The van der Waals surface area contributed by atoms with Crippen molar-refractivity contribution in [1.29, 1.82) is 0 Å². The van der Waals surface area contributed by atoms with Gasteiger partial charge in [-0.1, -0.05) is 25.4 Å². The molecule has 3 aromatic heterocycles. The number of carbonyl (C=O) groups excluding carboxylic acids is 1. The Labute approximate surface area is 199 Å². The Morgan fingerprint density at radius 2 is 2.03 bits per heavy atom. The molecule has 0 aromatic carbocycles. The van der Waals surface area contributed by atoms with Crippen LogP contribution in [-0.4, -0.2) is 42.5 Å². The summed E-state index contributed by atoms with van der Waals surface area (Å²) in [5.41, 5.74) is 1.51. The van der Waals surface area contributed by atoms with Crippen molar-refractivity contribution in [2.24, 2.45) is 5.92 Å². The first-order valence-electron chi connectivity index (χ1n) is 11.0. The molecule has 0 bridgehead atoms. The number of rotatable bonds is 4. The molecule has 2 atom stereocenters. The number of hydrogen-bond donors (Lipinski definition) is 1. The third-order valence-electron chi connectivity index (χ3n) is 6.12. The van der Waals surface area contributed by atoms with Crippen LogP contribution < -0.4 is 0 Å². The summed E-state index contributed by atoms with van der Waals surface area (Å²) in [6.07, 6.45) is 0.000222. The molecule has 0 saturated carbocycles. The second-order valence-corrected chi connectivity index (χ2v) is 8.77. The van der Waals surface area contributed by atoms with Crippen LogP contribution >= 0.6 is 11.6 Å². The van der Waals surface area contributed by atoms with Crippen molar-refractivity contribution < 1.29 is 18.0 Å². The predicted molar refractivity (Wildman–Crippen MR) is 120 cm³/mol. The van der Waals surface area contributed by atoms with Crippen LogP contribution in [0.1, 0.15) is 65.9 Å². The monoisotopic (exact) mass is 492 g/mol. The molecular formula is C23H24ClF3N6O. The van der Waals surface area contributed by atoms with Gasteiger partial charge < -0.3 is 4.90 Å². The van der Waals surface area contributed by atoms with Crippen LogP contribution in [-0.2, 0) is 12.6 Å². The number of amides is 1. The van der Waals surface area contributed by atoms with E-state index >= 15 is 0 Å². The largest absolute Gasteiger partial charge is 0.434 e. The number of H-pyrrole nitrogens is 1. The summed E-state index contributed by atoms with van der Waals surface area (Å²) in [7, 11) is 0. The molecule has 180 valence electrons. The number of aromatic amines is 1. The molecule has 1 amide bonds. The summed E-state index contributed by atoms with van der Waals surface area (Å²) in [6, 6.07) is 2.60. The molecular weight excluding hydrogens is 469 g/mol. The zero-order chi connectivity index (χ0) is 24.6. The molecule has 11 heteroatoms. The summed E-state index contributed by atoms with van der Waals surface area (Å²) in [5.74, 6) is -0.0197. The van der Waals surface area contributed by atoms with Gasteiger partial charge in [-0.15, -0.1) is 0 Å². The fourth-order valence-corrected chi connectivity index (χ4v) is 4.91. The molecule has 4 heterocycles. The summed E-state index contributed by atoms with van der Waals surface area (Å²) >= 11 is 6.05. The van der Waals surface area contributed by atoms with Gasteiger partial charge in [-0.2, -0.15) is 18.3 Å². The Morgan fingerprint density at radius 3 is 2.68 bits per heavy atom. The van der Waals surface area contributed by atoms with Gasteiger partial charge in [-0.3, -0.25) is 14.9 Å². The lowest BCUT2D eigenvalue weighted by molar-refractivity contribution is -0.141. The van der Waals surface area contributed by atoms with Crippen LogP contribution in [0, 0.1) is 12.8 Å². The standard InChI is InChI=1S/C23H24ClF3N6O/c1-4-14-18(16-8-10-29-32-16)30-13(3)31-19(14)20-12(2)6-5-11-33(20)22(34)15-7-9-28-21(17(15)24)23(25,26)27/h7-10,12,20H,4-6,11H2,1-3H3,(H,29,32)/t12-,20-/m1/s1. The highest BCUT2D eigenvalue weighted by Crippen LogP contribution is 2.41. The average molecular weight is 493 g/mol. The molecule has 1 aliphatic heterocycles. The Morgan fingerprint density at radius 1 is 1.26 bits per heavy atom. The van der Waals surface area contributed by atoms with Gasteiger partial charge in [0.25, 0.3) is 5.91 Å². The lowest BCUT2D eigenvalue weighted by atomic mass is 9.85. The van der Waals surface area contributed by atoms with Crippen molar-refractivity contribution >= 4 is 17.5 Å². The molecule has 0 radical (unpaired) electrons. The molecule has 4 rings (SSSR count). The lowest BCUT2D eigenvalue weighted by Crippen LogP contribution is -2.43. The molecule has 0 unspecified atom stereocenters. The smallest absolute Gasteiger partial charge is 0.330 e. The van der Waals surface area contributed by atoms with Gasteiger partial charge in [0.2, 0.25) is 0 Å². The molecule has 1 N–H and O–H groups in total. The molecule has 1 fully saturated rings. The van der Waals surface area contributed by atoms with E-state index in [0.29, 0.717) is 30.2 Å². The Hall–Kier alpha value is -3.01. The van der Waals surface area contributed by atoms with Crippen molar-refractivity contribution in [1.82, 2.24) is 30.0 Å². The van der Waals surface area contributed by atoms with Gasteiger partial charge in [0, 0.05) is 24.5 Å². The fourth-order valence-electron chi connectivity index (χ4n) is 4.62. The molecule has 0 aliphatic carbocycles. The van der Waals surface area contributed by atoms with E-state index in [4.69, 9.17) is 16.6 Å². The first-order valence-corrected chi connectivity index (χ1v) is 11.4. The second-order valence-electron chi connectivity index (χ2n) is 8.39. The van der Waals surface area contributed by atoms with Gasteiger partial charge in [0.05, 0.1) is 33.7 Å². The van der Waals surface area contributed by atoms with Crippen LogP contribution in [0.5, 0.6) is 0 Å². The van der Waals surface area contributed by atoms with Crippen LogP contribution in [0.4, 0.5) is 13.2 Å². The van der Waals surface area contributed by atoms with Gasteiger partial charge in [-0.25, -0.2) is 9.97 Å². The van der Waals surface area contributed by atoms with Crippen LogP contribution in [0.3, 0.4) is 0 Å². The van der Waals surface area contributed by atoms with Crippen LogP contribution in [0.25, 0.3) is 11.4 Å². The third kappa shape index (κ3) is 4.38. The highest BCUT2D eigenvalue weighted by Gasteiger charge is 2.40. The van der Waals surface area contributed by atoms with E-state index in [1.807, 2.05) is 19.9 Å². The maximum absolute atomic E-state index is 13.6. The normalized spacial score (nSPS) is 18.9. The first kappa shape index (κ1) is 24.1. The number of carbonyl (C=O) groups is 1. The molecule has 3 aromatic rings. The minimum Gasteiger partial charge on any atom is -0.330 e. The topological polar surface area (TPSA) is 87.7 Å². The molecule has 34 heavy (non-hydrogen) atoms. The number of nitrogens with one attached hydrogen (secondary N) is 1. The zero-order valence-electron chi connectivity index (χ0n) is 18.9. The quantitative estimate of drug-likeness (QED) is 0.525. The van der Waals surface area contributed by atoms with Gasteiger partial charge in [0.1, 0.15) is 5.82 Å². The molecule has 1 aliphatic rings. The van der Waals surface area contributed by atoms with Crippen LogP contribution in [0.15, 0.2) is 24.5 Å². The first-order chi connectivity index (χ1) is 16.1. The number of pyridine rings is 1. The number of likely N-dealkylation sites (tertiary alicyclic amines) is 1. The number of alkyl halides is 3. The van der Waals surface area contributed by atoms with Gasteiger partial charge in [0.15, 0.2) is 5.69 Å². The SMILES string of the molecule is CCc1c(-c2ccn[nH]2)nc(C)nc1[C@H]1[C@H](C)CCCN1C(=O)c1ccnc(C(F)(F)F)c1Cl. The highest BCUT2D eigenvalue weighted by atomic mass is 35.5. The van der Waals surface area contributed by atoms with E-state index in [-0.39, 0.29) is 11.5 Å². The van der Waals surface area contributed by atoms with E-state index < -0.39 is 28.8 Å². The number of hydrogen-bond acceptors (Lipinski definition) is 5. The molecule has 7 nitrogen and oxygen atoms in total. The second kappa shape index (κ2) is 9.32. The van der Waals surface area contributed by atoms with E-state index in [2.05, 4.69) is 20.2 Å². The van der Waals surface area contributed by atoms with Crippen molar-refractivity contribution in [3.63, 3.8) is 0 Å². The molecule has 1 saturated heterocycles. The summed E-state index contributed by atoms with van der Waals surface area (Å²) in [6.45, 7) is 6.15. The number of nitrogens with zero attached hydrogens (tertiary/aromatic N) is 5. The lowest BCUT2D eigenvalue weighted by Gasteiger charge is -2.41. The minimum absolute atomic E-state index is 0.0228. The maximum atomic E-state index is 13.6. The van der Waals surface area contributed by atoms with Crippen molar-refractivity contribution in [3.8, 4) is 11.4 Å². The predicted octanol–water partition coefficient (Wildman–Crippen LogP) is 5.42. The van der Waals surface area contributed by atoms with Gasteiger partial charge >= 0.3 is 6.18 Å². The van der Waals surface area contributed by atoms with Gasteiger partial charge in [-0.05, 0) is 44.2 Å². The number of aromatic nitrogens is 5. The van der Waals surface area contributed by atoms with E-state index in [9.17, 15) is 18.0 Å². The number of piperidine rings is 1. The van der Waals surface area contributed by atoms with E-state index in [1.165, 1.54) is 6.07 Å².